The van der Waals surface area contributed by atoms with Gasteiger partial charge in [0.2, 0.25) is 0 Å². The predicted octanol–water partition coefficient (Wildman–Crippen LogP) is 1.76. The Bertz CT molecular complexity index is 269. The fourth-order valence-electron chi connectivity index (χ4n) is 1.04. The van der Waals surface area contributed by atoms with E-state index in [2.05, 4.69) is 16.9 Å². The molecule has 3 nitrogen and oxygen atoms in total. The van der Waals surface area contributed by atoms with Crippen molar-refractivity contribution in [1.82, 2.24) is 10.3 Å². The first-order valence-electron chi connectivity index (χ1n) is 4.70. The summed E-state index contributed by atoms with van der Waals surface area (Å²) in [5, 5.41) is 3.04. The number of hydrogen-bond donors (Lipinski definition) is 1. The quantitative estimate of drug-likeness (QED) is 0.551. The molecule has 1 N–H and O–H groups in total. The van der Waals surface area contributed by atoms with Crippen LogP contribution in [0.15, 0.2) is 31.0 Å². The molecule has 14 heavy (non-hydrogen) atoms. The number of nitrogens with one attached hydrogen (secondary N) is 1. The number of pyridine rings is 1. The van der Waals surface area contributed by atoms with Crippen molar-refractivity contribution in [2.45, 2.75) is 13.0 Å². The fraction of sp³-hybridized carbons (Fsp3) is 0.364. The third kappa shape index (κ3) is 3.58. The van der Waals surface area contributed by atoms with E-state index in [4.69, 9.17) is 4.74 Å². The summed E-state index contributed by atoms with van der Waals surface area (Å²) < 4.78 is 5.43. The summed E-state index contributed by atoms with van der Waals surface area (Å²) in [5.41, 5.74) is 1.02. The lowest BCUT2D eigenvalue weighted by Gasteiger charge is -2.04. The summed E-state index contributed by atoms with van der Waals surface area (Å²) in [6, 6.07) is 3.89. The summed E-state index contributed by atoms with van der Waals surface area (Å²) in [6.45, 7) is 5.07. The van der Waals surface area contributed by atoms with Crippen LogP contribution in [0.25, 0.3) is 0 Å². The smallest absolute Gasteiger partial charge is 0.137 e. The highest BCUT2D eigenvalue weighted by molar-refractivity contribution is 5.19. The molecule has 0 spiro atoms. The molecule has 0 unspecified atom stereocenters. The molecule has 0 aliphatic rings. The van der Waals surface area contributed by atoms with Gasteiger partial charge in [0.05, 0.1) is 18.5 Å². The minimum absolute atomic E-state index is 0.663. The molecule has 1 aromatic heterocycles. The van der Waals surface area contributed by atoms with Crippen LogP contribution >= 0.6 is 0 Å². The minimum Gasteiger partial charge on any atom is -0.492 e. The molecule has 0 saturated heterocycles. The van der Waals surface area contributed by atoms with E-state index in [-0.39, 0.29) is 0 Å². The molecule has 1 aromatic rings. The first-order chi connectivity index (χ1) is 6.86. The fourth-order valence-corrected chi connectivity index (χ4v) is 1.04. The third-order valence-corrected chi connectivity index (χ3v) is 1.75. The van der Waals surface area contributed by atoms with Crippen molar-refractivity contribution in [2.24, 2.45) is 0 Å². The van der Waals surface area contributed by atoms with Gasteiger partial charge in [0.15, 0.2) is 0 Å². The van der Waals surface area contributed by atoms with Gasteiger partial charge in [0, 0.05) is 6.54 Å². The molecule has 0 amide bonds. The van der Waals surface area contributed by atoms with Crippen LogP contribution in [0.3, 0.4) is 0 Å². The van der Waals surface area contributed by atoms with Crippen molar-refractivity contribution in [1.29, 1.82) is 0 Å². The van der Waals surface area contributed by atoms with Gasteiger partial charge in [-0.3, -0.25) is 4.98 Å². The standard InChI is InChI=1S/C11H16N2O/c1-3-4-7-14-11-6-5-10(8-12-2)13-9-11/h3,5-6,9,12H,1,4,7-8H2,2H3. The number of ether oxygens (including phenoxy) is 1. The van der Waals surface area contributed by atoms with Crippen LogP contribution in [0.1, 0.15) is 12.1 Å². The predicted molar refractivity (Wildman–Crippen MR) is 57.3 cm³/mol. The lowest BCUT2D eigenvalue weighted by atomic mass is 10.3. The maximum atomic E-state index is 5.43. The maximum absolute atomic E-state index is 5.43. The molecule has 0 fully saturated rings. The van der Waals surface area contributed by atoms with Crippen molar-refractivity contribution < 1.29 is 4.74 Å². The van der Waals surface area contributed by atoms with Crippen LogP contribution in [0, 0.1) is 0 Å². The molecule has 0 aromatic carbocycles. The number of nitrogens with zero attached hydrogens (tertiary/aromatic N) is 1. The van der Waals surface area contributed by atoms with Crippen molar-refractivity contribution >= 4 is 0 Å². The Kier molecular flexibility index (Phi) is 4.72. The van der Waals surface area contributed by atoms with Crippen molar-refractivity contribution in [3.63, 3.8) is 0 Å². The van der Waals surface area contributed by atoms with Crippen LogP contribution in [0.4, 0.5) is 0 Å². The zero-order valence-electron chi connectivity index (χ0n) is 8.49. The molecular weight excluding hydrogens is 176 g/mol. The Hall–Kier alpha value is -1.35. The van der Waals surface area contributed by atoms with E-state index < -0.39 is 0 Å². The van der Waals surface area contributed by atoms with Crippen LogP contribution in [0.2, 0.25) is 0 Å². The Morgan fingerprint density at radius 3 is 3.00 bits per heavy atom. The zero-order valence-corrected chi connectivity index (χ0v) is 8.49. The SMILES string of the molecule is C=CCCOc1ccc(CNC)nc1. The average molecular weight is 192 g/mol. The van der Waals surface area contributed by atoms with E-state index in [9.17, 15) is 0 Å². The van der Waals surface area contributed by atoms with Crippen LogP contribution < -0.4 is 10.1 Å². The summed E-state index contributed by atoms with van der Waals surface area (Å²) in [7, 11) is 1.90. The van der Waals surface area contributed by atoms with Gasteiger partial charge in [-0.15, -0.1) is 6.58 Å². The second-order valence-corrected chi connectivity index (χ2v) is 2.94. The van der Waals surface area contributed by atoms with E-state index in [0.717, 1.165) is 24.4 Å². The minimum atomic E-state index is 0.663. The van der Waals surface area contributed by atoms with E-state index in [1.807, 2.05) is 25.3 Å². The van der Waals surface area contributed by atoms with Crippen molar-refractivity contribution in [3.8, 4) is 5.75 Å². The number of rotatable bonds is 6. The molecule has 0 saturated carbocycles. The molecular formula is C11H16N2O. The Labute approximate surface area is 84.8 Å². The van der Waals surface area contributed by atoms with Crippen LogP contribution in [-0.4, -0.2) is 18.6 Å². The van der Waals surface area contributed by atoms with Crippen molar-refractivity contribution in [3.05, 3.63) is 36.7 Å². The number of hydrogen-bond acceptors (Lipinski definition) is 3. The lowest BCUT2D eigenvalue weighted by molar-refractivity contribution is 0.323. The largest absolute Gasteiger partial charge is 0.492 e. The first-order valence-corrected chi connectivity index (χ1v) is 4.70. The summed E-state index contributed by atoms with van der Waals surface area (Å²) in [6.07, 6.45) is 4.44. The average Bonchev–Trinajstić information content (AvgIpc) is 2.21. The van der Waals surface area contributed by atoms with Gasteiger partial charge in [-0.2, -0.15) is 0 Å². The van der Waals surface area contributed by atoms with E-state index in [1.54, 1.807) is 6.20 Å². The van der Waals surface area contributed by atoms with Crippen molar-refractivity contribution in [2.75, 3.05) is 13.7 Å². The Morgan fingerprint density at radius 1 is 1.57 bits per heavy atom. The van der Waals surface area contributed by atoms with Gasteiger partial charge in [0.25, 0.3) is 0 Å². The Morgan fingerprint density at radius 2 is 2.43 bits per heavy atom. The summed E-state index contributed by atoms with van der Waals surface area (Å²) in [5.74, 6) is 0.812. The number of aromatic nitrogens is 1. The highest BCUT2D eigenvalue weighted by Crippen LogP contribution is 2.09. The molecule has 0 bridgehead atoms. The topological polar surface area (TPSA) is 34.1 Å². The van der Waals surface area contributed by atoms with Gasteiger partial charge in [-0.05, 0) is 25.6 Å². The Balaban J connectivity index is 2.42. The molecule has 1 heterocycles. The molecule has 76 valence electrons. The molecule has 0 atom stereocenters. The second-order valence-electron chi connectivity index (χ2n) is 2.94. The van der Waals surface area contributed by atoms with Gasteiger partial charge in [-0.25, -0.2) is 0 Å². The highest BCUT2D eigenvalue weighted by atomic mass is 16.5. The van der Waals surface area contributed by atoms with E-state index >= 15 is 0 Å². The lowest BCUT2D eigenvalue weighted by Crippen LogP contribution is -2.06. The molecule has 1 rings (SSSR count). The maximum Gasteiger partial charge on any atom is 0.137 e. The summed E-state index contributed by atoms with van der Waals surface area (Å²) >= 11 is 0. The molecule has 0 aliphatic heterocycles. The molecule has 0 radical (unpaired) electrons. The van der Waals surface area contributed by atoms with E-state index in [0.29, 0.717) is 6.61 Å². The third-order valence-electron chi connectivity index (χ3n) is 1.75. The van der Waals surface area contributed by atoms with E-state index in [1.165, 1.54) is 0 Å². The normalized spacial score (nSPS) is 9.79. The van der Waals surface area contributed by atoms with Crippen LogP contribution in [0.5, 0.6) is 5.75 Å². The molecule has 3 heteroatoms. The van der Waals surface area contributed by atoms with Crippen LogP contribution in [-0.2, 0) is 6.54 Å². The van der Waals surface area contributed by atoms with Gasteiger partial charge in [-0.1, -0.05) is 6.08 Å². The summed E-state index contributed by atoms with van der Waals surface area (Å²) in [4.78, 5) is 4.23. The zero-order chi connectivity index (χ0) is 10.2. The first kappa shape index (κ1) is 10.7. The highest BCUT2D eigenvalue weighted by Gasteiger charge is 1.94. The molecule has 0 aliphatic carbocycles. The van der Waals surface area contributed by atoms with Gasteiger partial charge >= 0.3 is 0 Å². The monoisotopic (exact) mass is 192 g/mol. The van der Waals surface area contributed by atoms with Gasteiger partial charge in [0.1, 0.15) is 5.75 Å². The second kappa shape index (κ2) is 6.16. The van der Waals surface area contributed by atoms with Gasteiger partial charge < -0.3 is 10.1 Å².